The third-order valence-electron chi connectivity index (χ3n) is 3.39. The van der Waals surface area contributed by atoms with E-state index in [9.17, 15) is 4.79 Å². The summed E-state index contributed by atoms with van der Waals surface area (Å²) >= 11 is 3.44. The van der Waals surface area contributed by atoms with Crippen LogP contribution in [0.4, 0.5) is 5.69 Å². The summed E-state index contributed by atoms with van der Waals surface area (Å²) in [6.45, 7) is 8.02. The number of carbonyl (C=O) groups is 1. The number of carbonyl (C=O) groups excluding carboxylic acids is 1. The summed E-state index contributed by atoms with van der Waals surface area (Å²) in [5.41, 5.74) is 5.30. The Balaban J connectivity index is 2.02. The molecule has 3 nitrogen and oxygen atoms in total. The molecule has 116 valence electrons. The molecule has 2 rings (SSSR count). The van der Waals surface area contributed by atoms with Crippen LogP contribution in [0.5, 0.6) is 5.75 Å². The van der Waals surface area contributed by atoms with Crippen molar-refractivity contribution in [1.82, 2.24) is 0 Å². The molecule has 0 aromatic heterocycles. The van der Waals surface area contributed by atoms with Crippen LogP contribution in [-0.4, -0.2) is 12.5 Å². The first-order valence-electron chi connectivity index (χ1n) is 7.13. The standard InChI is InChI=1S/C18H20BrNO2/c1-11-5-6-16(15(19)9-11)22-10-17(21)20-18-13(3)7-12(2)8-14(18)4/h5-9H,10H2,1-4H3,(H,20,21). The molecular weight excluding hydrogens is 342 g/mol. The molecule has 4 heteroatoms. The quantitative estimate of drug-likeness (QED) is 0.856. The van der Waals surface area contributed by atoms with Crippen molar-refractivity contribution < 1.29 is 9.53 Å². The molecule has 0 heterocycles. The minimum Gasteiger partial charge on any atom is -0.483 e. The highest BCUT2D eigenvalue weighted by atomic mass is 79.9. The lowest BCUT2D eigenvalue weighted by Crippen LogP contribution is -2.21. The van der Waals surface area contributed by atoms with Gasteiger partial charge in [-0.05, 0) is 72.4 Å². The second-order valence-corrected chi connectivity index (χ2v) is 6.40. The van der Waals surface area contributed by atoms with E-state index in [1.165, 1.54) is 5.56 Å². The van der Waals surface area contributed by atoms with Gasteiger partial charge in [-0.3, -0.25) is 4.79 Å². The highest BCUT2D eigenvalue weighted by Gasteiger charge is 2.10. The zero-order valence-electron chi connectivity index (χ0n) is 13.3. The van der Waals surface area contributed by atoms with Crippen molar-refractivity contribution in [2.45, 2.75) is 27.7 Å². The zero-order chi connectivity index (χ0) is 16.3. The topological polar surface area (TPSA) is 38.3 Å². The third kappa shape index (κ3) is 4.10. The van der Waals surface area contributed by atoms with E-state index < -0.39 is 0 Å². The van der Waals surface area contributed by atoms with Crippen LogP contribution in [0, 0.1) is 27.7 Å². The van der Waals surface area contributed by atoms with Crippen LogP contribution in [-0.2, 0) is 4.79 Å². The van der Waals surface area contributed by atoms with Crippen molar-refractivity contribution in [3.63, 3.8) is 0 Å². The van der Waals surface area contributed by atoms with Crippen molar-refractivity contribution in [2.75, 3.05) is 11.9 Å². The highest BCUT2D eigenvalue weighted by Crippen LogP contribution is 2.26. The van der Waals surface area contributed by atoms with Crippen LogP contribution in [0.1, 0.15) is 22.3 Å². The number of halogens is 1. The van der Waals surface area contributed by atoms with Crippen LogP contribution < -0.4 is 10.1 Å². The number of amides is 1. The monoisotopic (exact) mass is 361 g/mol. The summed E-state index contributed by atoms with van der Waals surface area (Å²) in [4.78, 5) is 12.1. The van der Waals surface area contributed by atoms with Crippen LogP contribution in [0.25, 0.3) is 0 Å². The van der Waals surface area contributed by atoms with Crippen molar-refractivity contribution in [2.24, 2.45) is 0 Å². The van der Waals surface area contributed by atoms with Gasteiger partial charge < -0.3 is 10.1 Å². The molecule has 0 fully saturated rings. The molecule has 0 unspecified atom stereocenters. The number of benzene rings is 2. The molecule has 0 aliphatic heterocycles. The Labute approximate surface area is 139 Å². The molecule has 1 amide bonds. The SMILES string of the molecule is Cc1cc(C)c(NC(=O)COc2ccc(C)cc2Br)c(C)c1. The van der Waals surface area contributed by atoms with E-state index in [1.54, 1.807) is 0 Å². The Morgan fingerprint density at radius 3 is 2.27 bits per heavy atom. The van der Waals surface area contributed by atoms with E-state index in [1.807, 2.05) is 45.9 Å². The average Bonchev–Trinajstić information content (AvgIpc) is 2.42. The van der Waals surface area contributed by atoms with Gasteiger partial charge in [0.25, 0.3) is 5.91 Å². The summed E-state index contributed by atoms with van der Waals surface area (Å²) in [7, 11) is 0. The first-order valence-corrected chi connectivity index (χ1v) is 7.93. The van der Waals surface area contributed by atoms with Gasteiger partial charge in [0, 0.05) is 5.69 Å². The maximum atomic E-state index is 12.1. The Morgan fingerprint density at radius 1 is 1.05 bits per heavy atom. The second kappa shape index (κ2) is 6.97. The predicted octanol–water partition coefficient (Wildman–Crippen LogP) is 4.70. The van der Waals surface area contributed by atoms with Gasteiger partial charge in [-0.15, -0.1) is 0 Å². The summed E-state index contributed by atoms with van der Waals surface area (Å²) in [5, 5.41) is 2.93. The molecule has 0 saturated carbocycles. The summed E-state index contributed by atoms with van der Waals surface area (Å²) in [5.74, 6) is 0.501. The second-order valence-electron chi connectivity index (χ2n) is 5.54. The first-order chi connectivity index (χ1) is 10.4. The molecule has 22 heavy (non-hydrogen) atoms. The number of rotatable bonds is 4. The Kier molecular flexibility index (Phi) is 5.24. The van der Waals surface area contributed by atoms with Gasteiger partial charge in [-0.2, -0.15) is 0 Å². The maximum absolute atomic E-state index is 12.1. The van der Waals surface area contributed by atoms with E-state index in [0.717, 1.165) is 26.9 Å². The largest absolute Gasteiger partial charge is 0.483 e. The Bertz CT molecular complexity index is 687. The van der Waals surface area contributed by atoms with Gasteiger partial charge in [0.1, 0.15) is 5.75 Å². The molecule has 0 bridgehead atoms. The smallest absolute Gasteiger partial charge is 0.262 e. The van der Waals surface area contributed by atoms with Crippen LogP contribution in [0.15, 0.2) is 34.8 Å². The molecule has 0 saturated heterocycles. The molecule has 0 aliphatic carbocycles. The average molecular weight is 362 g/mol. The molecule has 0 radical (unpaired) electrons. The fourth-order valence-corrected chi connectivity index (χ4v) is 3.03. The van der Waals surface area contributed by atoms with Gasteiger partial charge in [0.2, 0.25) is 0 Å². The van der Waals surface area contributed by atoms with E-state index in [0.29, 0.717) is 5.75 Å². The predicted molar refractivity (Wildman–Crippen MR) is 93.7 cm³/mol. The number of ether oxygens (including phenoxy) is 1. The van der Waals surface area contributed by atoms with Crippen LogP contribution in [0.3, 0.4) is 0 Å². The van der Waals surface area contributed by atoms with Gasteiger partial charge in [-0.1, -0.05) is 23.8 Å². The number of aryl methyl sites for hydroxylation is 4. The highest BCUT2D eigenvalue weighted by molar-refractivity contribution is 9.10. The van der Waals surface area contributed by atoms with Crippen LogP contribution in [0.2, 0.25) is 0 Å². The van der Waals surface area contributed by atoms with Gasteiger partial charge in [-0.25, -0.2) is 0 Å². The Hall–Kier alpha value is -1.81. The minimum atomic E-state index is -0.164. The first kappa shape index (κ1) is 16.6. The summed E-state index contributed by atoms with van der Waals surface area (Å²) < 4.78 is 6.42. The Morgan fingerprint density at radius 2 is 1.68 bits per heavy atom. The van der Waals surface area contributed by atoms with Crippen molar-refractivity contribution >= 4 is 27.5 Å². The third-order valence-corrected chi connectivity index (χ3v) is 4.01. The molecule has 0 spiro atoms. The van der Waals surface area contributed by atoms with Gasteiger partial charge in [0.15, 0.2) is 6.61 Å². The lowest BCUT2D eigenvalue weighted by Gasteiger charge is -2.14. The fourth-order valence-electron chi connectivity index (χ4n) is 2.42. The normalized spacial score (nSPS) is 10.4. The lowest BCUT2D eigenvalue weighted by atomic mass is 10.1. The molecule has 0 atom stereocenters. The summed E-state index contributed by atoms with van der Waals surface area (Å²) in [6.07, 6.45) is 0. The summed E-state index contributed by atoms with van der Waals surface area (Å²) in [6, 6.07) is 9.88. The van der Waals surface area contributed by atoms with Crippen LogP contribution >= 0.6 is 15.9 Å². The lowest BCUT2D eigenvalue weighted by molar-refractivity contribution is -0.118. The fraction of sp³-hybridized carbons (Fsp3) is 0.278. The number of anilines is 1. The number of hydrogen-bond acceptors (Lipinski definition) is 2. The number of hydrogen-bond donors (Lipinski definition) is 1. The van der Waals surface area contributed by atoms with Gasteiger partial charge >= 0.3 is 0 Å². The molecule has 0 aliphatic rings. The molecule has 1 N–H and O–H groups in total. The van der Waals surface area contributed by atoms with Crippen molar-refractivity contribution in [3.05, 3.63) is 57.1 Å². The minimum absolute atomic E-state index is 0.0194. The number of nitrogens with one attached hydrogen (secondary N) is 1. The molecule has 2 aromatic carbocycles. The van der Waals surface area contributed by atoms with E-state index in [4.69, 9.17) is 4.74 Å². The van der Waals surface area contributed by atoms with Gasteiger partial charge in [0.05, 0.1) is 4.47 Å². The van der Waals surface area contributed by atoms with Crippen molar-refractivity contribution in [1.29, 1.82) is 0 Å². The maximum Gasteiger partial charge on any atom is 0.262 e. The van der Waals surface area contributed by atoms with Crippen molar-refractivity contribution in [3.8, 4) is 5.75 Å². The molecule has 2 aromatic rings. The zero-order valence-corrected chi connectivity index (χ0v) is 14.9. The van der Waals surface area contributed by atoms with E-state index in [2.05, 4.69) is 33.4 Å². The van der Waals surface area contributed by atoms with E-state index >= 15 is 0 Å². The van der Waals surface area contributed by atoms with E-state index in [-0.39, 0.29) is 12.5 Å². The molecular formula is C18H20BrNO2.